The van der Waals surface area contributed by atoms with Gasteiger partial charge in [-0.1, -0.05) is 22.0 Å². The normalized spacial score (nSPS) is 12.7. The van der Waals surface area contributed by atoms with E-state index in [2.05, 4.69) is 15.9 Å². The Labute approximate surface area is 111 Å². The summed E-state index contributed by atoms with van der Waals surface area (Å²) in [6.07, 6.45) is 0.487. The lowest BCUT2D eigenvalue weighted by molar-refractivity contribution is 0.501. The lowest BCUT2D eigenvalue weighted by atomic mass is 10.1. The average Bonchev–Trinajstić information content (AvgIpc) is 2.70. The van der Waals surface area contributed by atoms with E-state index in [9.17, 15) is 8.78 Å². The average molecular weight is 322 g/mol. The zero-order valence-corrected chi connectivity index (χ0v) is 10.9. The highest BCUT2D eigenvalue weighted by Gasteiger charge is 2.13. The summed E-state index contributed by atoms with van der Waals surface area (Å²) >= 11 is 9.07. The molecular weight excluding hydrogens is 313 g/mol. The Hall–Kier alpha value is -0.870. The van der Waals surface area contributed by atoms with Gasteiger partial charge in [-0.2, -0.15) is 0 Å². The molecule has 0 fully saturated rings. The summed E-state index contributed by atoms with van der Waals surface area (Å²) in [5.74, 6) is -1.04. The maximum Gasteiger partial charge on any atom is 0.193 e. The molecule has 5 heteroatoms. The van der Waals surface area contributed by atoms with Crippen LogP contribution < -0.4 is 0 Å². The molecule has 17 heavy (non-hydrogen) atoms. The van der Waals surface area contributed by atoms with E-state index in [0.29, 0.717) is 23.0 Å². The second-order valence-corrected chi connectivity index (χ2v) is 5.04. The number of benzene rings is 1. The standard InChI is InChI=1S/C12H8BrClF2O/c13-8(11-3-4-12(14)17-11)5-7-1-2-9(15)10(16)6-7/h1-4,6,8H,5H2. The first-order valence-corrected chi connectivity index (χ1v) is 6.19. The van der Waals surface area contributed by atoms with Gasteiger partial charge < -0.3 is 4.42 Å². The Morgan fingerprint density at radius 3 is 2.53 bits per heavy atom. The third-order valence-electron chi connectivity index (χ3n) is 2.30. The predicted molar refractivity (Wildman–Crippen MR) is 65.4 cm³/mol. The SMILES string of the molecule is Fc1ccc(CC(Br)c2ccc(Cl)o2)cc1F. The summed E-state index contributed by atoms with van der Waals surface area (Å²) in [7, 11) is 0. The van der Waals surface area contributed by atoms with Crippen molar-refractivity contribution in [3.63, 3.8) is 0 Å². The summed E-state index contributed by atoms with van der Waals surface area (Å²) in [6, 6.07) is 7.20. The van der Waals surface area contributed by atoms with Gasteiger partial charge in [0.2, 0.25) is 0 Å². The molecule has 0 amide bonds. The van der Waals surface area contributed by atoms with Crippen molar-refractivity contribution >= 4 is 27.5 Å². The minimum atomic E-state index is -0.848. The smallest absolute Gasteiger partial charge is 0.193 e. The van der Waals surface area contributed by atoms with Crippen molar-refractivity contribution < 1.29 is 13.2 Å². The molecule has 1 nitrogen and oxygen atoms in total. The molecule has 1 aromatic carbocycles. The highest BCUT2D eigenvalue weighted by molar-refractivity contribution is 9.09. The fourth-order valence-corrected chi connectivity index (χ4v) is 2.24. The van der Waals surface area contributed by atoms with Crippen molar-refractivity contribution in [3.05, 3.63) is 58.5 Å². The molecule has 1 aromatic heterocycles. The van der Waals surface area contributed by atoms with Gasteiger partial charge >= 0.3 is 0 Å². The molecule has 90 valence electrons. The summed E-state index contributed by atoms with van der Waals surface area (Å²) in [5.41, 5.74) is 0.679. The summed E-state index contributed by atoms with van der Waals surface area (Å²) in [4.78, 5) is -0.125. The fraction of sp³-hybridized carbons (Fsp3) is 0.167. The highest BCUT2D eigenvalue weighted by atomic mass is 79.9. The van der Waals surface area contributed by atoms with Gasteiger partial charge in [0.05, 0.1) is 4.83 Å². The molecule has 0 aliphatic rings. The van der Waals surface area contributed by atoms with E-state index in [1.807, 2.05) is 0 Å². The largest absolute Gasteiger partial charge is 0.449 e. The van der Waals surface area contributed by atoms with Gasteiger partial charge in [-0.3, -0.25) is 0 Å². The molecule has 1 atom stereocenters. The van der Waals surface area contributed by atoms with Crippen molar-refractivity contribution in [2.24, 2.45) is 0 Å². The molecule has 0 saturated heterocycles. The molecule has 0 radical (unpaired) electrons. The topological polar surface area (TPSA) is 13.1 Å². The van der Waals surface area contributed by atoms with Gasteiger partial charge in [0, 0.05) is 0 Å². The molecule has 0 aliphatic heterocycles. The van der Waals surface area contributed by atoms with Crippen LogP contribution in [0.15, 0.2) is 34.7 Å². The Kier molecular flexibility index (Phi) is 3.84. The first-order valence-electron chi connectivity index (χ1n) is 4.89. The van der Waals surface area contributed by atoms with Crippen LogP contribution in [0.1, 0.15) is 16.2 Å². The van der Waals surface area contributed by atoms with E-state index < -0.39 is 11.6 Å². The van der Waals surface area contributed by atoms with Crippen LogP contribution >= 0.6 is 27.5 Å². The molecule has 0 aliphatic carbocycles. The summed E-state index contributed by atoms with van der Waals surface area (Å²) < 4.78 is 31.0. The van der Waals surface area contributed by atoms with Crippen molar-refractivity contribution in [2.45, 2.75) is 11.2 Å². The van der Waals surface area contributed by atoms with E-state index in [4.69, 9.17) is 16.0 Å². The van der Waals surface area contributed by atoms with Crippen LogP contribution in [0.3, 0.4) is 0 Å². The quantitative estimate of drug-likeness (QED) is 0.734. The second kappa shape index (κ2) is 5.19. The third kappa shape index (κ3) is 3.07. The first kappa shape index (κ1) is 12.6. The predicted octanol–water partition coefficient (Wildman–Crippen LogP) is 4.89. The molecule has 2 aromatic rings. The lowest BCUT2D eigenvalue weighted by Gasteiger charge is -2.07. The van der Waals surface area contributed by atoms with Crippen LogP contribution in [0.4, 0.5) is 8.78 Å². The van der Waals surface area contributed by atoms with Crippen molar-refractivity contribution in [2.75, 3.05) is 0 Å². The van der Waals surface area contributed by atoms with E-state index in [1.54, 1.807) is 12.1 Å². The number of halogens is 4. The van der Waals surface area contributed by atoms with E-state index in [-0.39, 0.29) is 4.83 Å². The van der Waals surface area contributed by atoms with Crippen molar-refractivity contribution in [1.82, 2.24) is 0 Å². The van der Waals surface area contributed by atoms with Crippen LogP contribution in [0, 0.1) is 11.6 Å². The van der Waals surface area contributed by atoms with Gasteiger partial charge in [-0.05, 0) is 47.9 Å². The third-order valence-corrected chi connectivity index (χ3v) is 3.28. The van der Waals surface area contributed by atoms with E-state index >= 15 is 0 Å². The first-order chi connectivity index (χ1) is 8.06. The van der Waals surface area contributed by atoms with Gasteiger partial charge in [0.15, 0.2) is 16.9 Å². The molecular formula is C12H8BrClF2O. The number of hydrogen-bond acceptors (Lipinski definition) is 1. The molecule has 0 saturated carbocycles. The Morgan fingerprint density at radius 2 is 1.94 bits per heavy atom. The fourth-order valence-electron chi connectivity index (χ4n) is 1.47. The molecule has 1 unspecified atom stereocenters. The van der Waals surface area contributed by atoms with Crippen molar-refractivity contribution in [3.8, 4) is 0 Å². The molecule has 0 N–H and O–H groups in total. The number of furan rings is 1. The molecule has 2 rings (SSSR count). The molecule has 0 spiro atoms. The van der Waals surface area contributed by atoms with Crippen LogP contribution in [-0.2, 0) is 6.42 Å². The highest BCUT2D eigenvalue weighted by Crippen LogP contribution is 2.30. The van der Waals surface area contributed by atoms with E-state index in [1.165, 1.54) is 12.1 Å². The monoisotopic (exact) mass is 320 g/mol. The van der Waals surface area contributed by atoms with Crippen LogP contribution in [-0.4, -0.2) is 0 Å². The molecule has 1 heterocycles. The van der Waals surface area contributed by atoms with Crippen LogP contribution in [0.5, 0.6) is 0 Å². The van der Waals surface area contributed by atoms with Gasteiger partial charge in [-0.25, -0.2) is 8.78 Å². The maximum absolute atomic E-state index is 13.0. The number of alkyl halides is 1. The number of rotatable bonds is 3. The second-order valence-electron chi connectivity index (χ2n) is 3.56. The maximum atomic E-state index is 13.0. The minimum Gasteiger partial charge on any atom is -0.449 e. The van der Waals surface area contributed by atoms with Crippen LogP contribution in [0.2, 0.25) is 5.22 Å². The van der Waals surface area contributed by atoms with Gasteiger partial charge in [-0.15, -0.1) is 0 Å². The lowest BCUT2D eigenvalue weighted by Crippen LogP contribution is -1.95. The zero-order valence-electron chi connectivity index (χ0n) is 8.59. The summed E-state index contributed by atoms with van der Waals surface area (Å²) in [6.45, 7) is 0. The van der Waals surface area contributed by atoms with Gasteiger partial charge in [0.1, 0.15) is 5.76 Å². The van der Waals surface area contributed by atoms with Gasteiger partial charge in [0.25, 0.3) is 0 Å². The minimum absolute atomic E-state index is 0.125. The number of hydrogen-bond donors (Lipinski definition) is 0. The van der Waals surface area contributed by atoms with E-state index in [0.717, 1.165) is 6.07 Å². The zero-order chi connectivity index (χ0) is 12.4. The summed E-state index contributed by atoms with van der Waals surface area (Å²) in [5, 5.41) is 0.301. The Balaban J connectivity index is 2.12. The van der Waals surface area contributed by atoms with Crippen LogP contribution in [0.25, 0.3) is 0 Å². The molecule has 0 bridgehead atoms. The Morgan fingerprint density at radius 1 is 1.18 bits per heavy atom. The van der Waals surface area contributed by atoms with Crippen molar-refractivity contribution in [1.29, 1.82) is 0 Å². The Bertz CT molecular complexity index is 527.